The van der Waals surface area contributed by atoms with E-state index < -0.39 is 5.97 Å². The molecular formula is C22H23ClN2O4. The predicted octanol–water partition coefficient (Wildman–Crippen LogP) is 3.59. The Kier molecular flexibility index (Phi) is 6.54. The largest absolute Gasteiger partial charge is 0.452 e. The van der Waals surface area contributed by atoms with Crippen LogP contribution in [0.4, 0.5) is 5.69 Å². The zero-order chi connectivity index (χ0) is 21.0. The summed E-state index contributed by atoms with van der Waals surface area (Å²) in [4.78, 5) is 39.7. The zero-order valence-electron chi connectivity index (χ0n) is 16.5. The fourth-order valence-electron chi connectivity index (χ4n) is 3.13. The van der Waals surface area contributed by atoms with Gasteiger partial charge in [0.1, 0.15) is 0 Å². The molecule has 29 heavy (non-hydrogen) atoms. The van der Waals surface area contributed by atoms with E-state index in [1.165, 1.54) is 17.0 Å². The number of ether oxygens (including phenoxy) is 1. The van der Waals surface area contributed by atoms with Crippen LogP contribution in [-0.2, 0) is 20.9 Å². The van der Waals surface area contributed by atoms with Crippen LogP contribution >= 0.6 is 11.6 Å². The van der Waals surface area contributed by atoms with Crippen LogP contribution in [0, 0.1) is 6.92 Å². The number of carbonyl (C=O) groups excluding carboxylic acids is 3. The SMILES string of the molecule is Cc1ccc(CN(C)C(=O)COC(=O)c2ccc(Cl)c(N3CCCC3=O)c2)cc1. The quantitative estimate of drug-likeness (QED) is 0.677. The third kappa shape index (κ3) is 5.15. The third-order valence-corrected chi connectivity index (χ3v) is 5.16. The third-order valence-electron chi connectivity index (χ3n) is 4.84. The molecule has 0 atom stereocenters. The number of carbonyl (C=O) groups is 3. The van der Waals surface area contributed by atoms with Crippen molar-refractivity contribution < 1.29 is 19.1 Å². The number of likely N-dealkylation sites (N-methyl/N-ethyl adjacent to an activating group) is 1. The Morgan fingerprint density at radius 3 is 2.55 bits per heavy atom. The molecule has 152 valence electrons. The highest BCUT2D eigenvalue weighted by Gasteiger charge is 2.25. The Morgan fingerprint density at radius 2 is 1.90 bits per heavy atom. The van der Waals surface area contributed by atoms with Gasteiger partial charge in [-0.25, -0.2) is 4.79 Å². The van der Waals surface area contributed by atoms with Crippen LogP contribution in [0.3, 0.4) is 0 Å². The van der Waals surface area contributed by atoms with Crippen molar-refractivity contribution in [2.75, 3.05) is 25.1 Å². The van der Waals surface area contributed by atoms with E-state index in [1.54, 1.807) is 18.0 Å². The lowest BCUT2D eigenvalue weighted by molar-refractivity contribution is -0.133. The van der Waals surface area contributed by atoms with Gasteiger partial charge in [0.2, 0.25) is 5.91 Å². The molecule has 1 heterocycles. The molecule has 2 aromatic carbocycles. The lowest BCUT2D eigenvalue weighted by Crippen LogP contribution is -2.31. The molecule has 3 rings (SSSR count). The number of rotatable bonds is 6. The number of aryl methyl sites for hydroxylation is 1. The first-order valence-corrected chi connectivity index (χ1v) is 9.79. The average molecular weight is 415 g/mol. The van der Waals surface area contributed by atoms with Crippen molar-refractivity contribution in [1.29, 1.82) is 0 Å². The number of nitrogens with zero attached hydrogens (tertiary/aromatic N) is 2. The number of esters is 1. The molecule has 1 aliphatic heterocycles. The first-order chi connectivity index (χ1) is 13.8. The van der Waals surface area contributed by atoms with Crippen LogP contribution < -0.4 is 4.90 Å². The van der Waals surface area contributed by atoms with Gasteiger partial charge >= 0.3 is 5.97 Å². The second kappa shape index (κ2) is 9.09. The minimum absolute atomic E-state index is 0.0228. The smallest absolute Gasteiger partial charge is 0.338 e. The highest BCUT2D eigenvalue weighted by Crippen LogP contribution is 2.30. The highest BCUT2D eigenvalue weighted by molar-refractivity contribution is 6.34. The van der Waals surface area contributed by atoms with Crippen molar-refractivity contribution in [1.82, 2.24) is 4.90 Å². The molecule has 2 amide bonds. The summed E-state index contributed by atoms with van der Waals surface area (Å²) >= 11 is 6.20. The number of halogens is 1. The molecule has 1 aliphatic rings. The van der Waals surface area contributed by atoms with E-state index in [2.05, 4.69) is 0 Å². The van der Waals surface area contributed by atoms with Gasteiger partial charge in [-0.3, -0.25) is 9.59 Å². The molecule has 7 heteroatoms. The summed E-state index contributed by atoms with van der Waals surface area (Å²) < 4.78 is 5.18. The minimum atomic E-state index is -0.633. The molecule has 1 saturated heterocycles. The Labute approximate surface area is 175 Å². The molecule has 0 aliphatic carbocycles. The molecule has 0 radical (unpaired) electrons. The van der Waals surface area contributed by atoms with Crippen LogP contribution in [0.2, 0.25) is 5.02 Å². The summed E-state index contributed by atoms with van der Waals surface area (Å²) in [5.74, 6) is -0.959. The summed E-state index contributed by atoms with van der Waals surface area (Å²) in [7, 11) is 1.66. The Morgan fingerprint density at radius 1 is 1.17 bits per heavy atom. The molecular weight excluding hydrogens is 392 g/mol. The summed E-state index contributed by atoms with van der Waals surface area (Å²) in [6, 6.07) is 12.5. The summed E-state index contributed by atoms with van der Waals surface area (Å²) in [6.07, 6.45) is 1.22. The molecule has 0 N–H and O–H groups in total. The fourth-order valence-corrected chi connectivity index (χ4v) is 3.35. The second-order valence-electron chi connectivity index (χ2n) is 7.13. The Hall–Kier alpha value is -2.86. The molecule has 0 unspecified atom stereocenters. The molecule has 1 fully saturated rings. The number of hydrogen-bond donors (Lipinski definition) is 0. The van der Waals surface area contributed by atoms with Gasteiger partial charge in [0.25, 0.3) is 5.91 Å². The number of amides is 2. The summed E-state index contributed by atoms with van der Waals surface area (Å²) in [5.41, 5.74) is 2.88. The van der Waals surface area contributed by atoms with Gasteiger partial charge in [0.15, 0.2) is 6.61 Å². The van der Waals surface area contributed by atoms with E-state index in [0.29, 0.717) is 30.2 Å². The Balaban J connectivity index is 1.59. The lowest BCUT2D eigenvalue weighted by Gasteiger charge is -2.19. The standard InChI is InChI=1S/C22H23ClN2O4/c1-15-5-7-16(8-6-15)13-24(2)21(27)14-29-22(28)17-9-10-18(23)19(12-17)25-11-3-4-20(25)26/h5-10,12H,3-4,11,13-14H2,1-2H3. The van der Waals surface area contributed by atoms with Crippen LogP contribution in [0.25, 0.3) is 0 Å². The lowest BCUT2D eigenvalue weighted by atomic mass is 10.1. The van der Waals surface area contributed by atoms with E-state index in [9.17, 15) is 14.4 Å². The van der Waals surface area contributed by atoms with Crippen molar-refractivity contribution >= 4 is 35.1 Å². The van der Waals surface area contributed by atoms with Gasteiger partial charge < -0.3 is 14.5 Å². The van der Waals surface area contributed by atoms with Crippen molar-refractivity contribution in [3.63, 3.8) is 0 Å². The summed E-state index contributed by atoms with van der Waals surface area (Å²) in [6.45, 7) is 2.64. The molecule has 0 aromatic heterocycles. The van der Waals surface area contributed by atoms with E-state index in [-0.39, 0.29) is 24.0 Å². The van der Waals surface area contributed by atoms with Gasteiger partial charge in [-0.2, -0.15) is 0 Å². The van der Waals surface area contributed by atoms with E-state index in [4.69, 9.17) is 16.3 Å². The number of hydrogen-bond acceptors (Lipinski definition) is 4. The molecule has 6 nitrogen and oxygen atoms in total. The van der Waals surface area contributed by atoms with Gasteiger partial charge in [-0.1, -0.05) is 41.4 Å². The predicted molar refractivity (Wildman–Crippen MR) is 111 cm³/mol. The first-order valence-electron chi connectivity index (χ1n) is 9.41. The maximum atomic E-state index is 12.4. The van der Waals surface area contributed by atoms with Crippen LogP contribution in [-0.4, -0.2) is 42.9 Å². The minimum Gasteiger partial charge on any atom is -0.452 e. The van der Waals surface area contributed by atoms with Crippen molar-refractivity contribution in [2.45, 2.75) is 26.3 Å². The van der Waals surface area contributed by atoms with Crippen molar-refractivity contribution in [3.8, 4) is 0 Å². The van der Waals surface area contributed by atoms with Gasteiger partial charge in [0, 0.05) is 26.6 Å². The normalized spacial score (nSPS) is 13.5. The molecule has 2 aromatic rings. The second-order valence-corrected chi connectivity index (χ2v) is 7.53. The summed E-state index contributed by atoms with van der Waals surface area (Å²) in [5, 5.41) is 0.394. The fraction of sp³-hybridized carbons (Fsp3) is 0.318. The maximum Gasteiger partial charge on any atom is 0.338 e. The number of benzene rings is 2. The average Bonchev–Trinajstić information content (AvgIpc) is 3.13. The monoisotopic (exact) mass is 414 g/mol. The Bertz CT molecular complexity index is 927. The molecule has 0 saturated carbocycles. The molecule has 0 bridgehead atoms. The topological polar surface area (TPSA) is 66.9 Å². The van der Waals surface area contributed by atoms with Crippen molar-refractivity contribution in [3.05, 3.63) is 64.2 Å². The van der Waals surface area contributed by atoms with E-state index in [0.717, 1.165) is 17.5 Å². The van der Waals surface area contributed by atoms with Crippen LogP contribution in [0.5, 0.6) is 0 Å². The van der Waals surface area contributed by atoms with E-state index >= 15 is 0 Å². The van der Waals surface area contributed by atoms with Crippen molar-refractivity contribution in [2.24, 2.45) is 0 Å². The van der Waals surface area contributed by atoms with Gasteiger partial charge in [-0.05, 0) is 37.1 Å². The zero-order valence-corrected chi connectivity index (χ0v) is 17.2. The van der Waals surface area contributed by atoms with Gasteiger partial charge in [0.05, 0.1) is 16.3 Å². The first kappa shape index (κ1) is 20.9. The van der Waals surface area contributed by atoms with Crippen LogP contribution in [0.15, 0.2) is 42.5 Å². The maximum absolute atomic E-state index is 12.4. The van der Waals surface area contributed by atoms with Crippen LogP contribution in [0.1, 0.15) is 34.3 Å². The highest BCUT2D eigenvalue weighted by atomic mass is 35.5. The van der Waals surface area contributed by atoms with E-state index in [1.807, 2.05) is 31.2 Å². The molecule has 0 spiro atoms. The van der Waals surface area contributed by atoms with Gasteiger partial charge in [-0.15, -0.1) is 0 Å². The number of anilines is 1.